The molecule has 3 heteroatoms. The Bertz CT molecular complexity index is 289. The average molecular weight is 256 g/mol. The summed E-state index contributed by atoms with van der Waals surface area (Å²) < 4.78 is 5.19. The van der Waals surface area contributed by atoms with E-state index in [0.717, 1.165) is 11.5 Å². The van der Waals surface area contributed by atoms with Crippen molar-refractivity contribution in [3.8, 4) is 5.75 Å². The van der Waals surface area contributed by atoms with E-state index in [1.54, 1.807) is 7.11 Å². The quantitative estimate of drug-likeness (QED) is 0.422. The summed E-state index contributed by atoms with van der Waals surface area (Å²) >= 11 is 6.11. The fourth-order valence-corrected chi connectivity index (χ4v) is 2.63. The molecule has 1 nitrogen and oxygen atoms in total. The van der Waals surface area contributed by atoms with Gasteiger partial charge in [-0.25, -0.2) is 0 Å². The minimum absolute atomic E-state index is 0.945. The Hall–Kier alpha value is -0.280. The number of thioether (sulfide) groups is 1. The van der Waals surface area contributed by atoms with Gasteiger partial charge in [0.15, 0.2) is 0 Å². The topological polar surface area (TPSA) is 9.23 Å². The van der Waals surface area contributed by atoms with Gasteiger partial charge in [0.2, 0.25) is 0 Å². The van der Waals surface area contributed by atoms with Crippen LogP contribution in [0.1, 0.15) is 25.7 Å². The molecule has 0 atom stereocenters. The SMILES string of the molecule is COc1cccc(SCCCCCCS)c1. The summed E-state index contributed by atoms with van der Waals surface area (Å²) in [7, 11) is 1.71. The van der Waals surface area contributed by atoms with Gasteiger partial charge in [0, 0.05) is 4.90 Å². The summed E-state index contributed by atoms with van der Waals surface area (Å²) in [5.74, 6) is 3.16. The van der Waals surface area contributed by atoms with Gasteiger partial charge in [-0.3, -0.25) is 0 Å². The van der Waals surface area contributed by atoms with Crippen molar-refractivity contribution < 1.29 is 4.74 Å². The zero-order chi connectivity index (χ0) is 11.6. The van der Waals surface area contributed by atoms with Crippen molar-refractivity contribution in [3.05, 3.63) is 24.3 Å². The lowest BCUT2D eigenvalue weighted by atomic mass is 10.2. The molecule has 0 heterocycles. The lowest BCUT2D eigenvalue weighted by Gasteiger charge is -2.04. The molecular formula is C13H20OS2. The minimum Gasteiger partial charge on any atom is -0.497 e. The summed E-state index contributed by atoms with van der Waals surface area (Å²) in [5, 5.41) is 0. The zero-order valence-electron chi connectivity index (χ0n) is 9.82. The van der Waals surface area contributed by atoms with Gasteiger partial charge in [-0.2, -0.15) is 12.6 Å². The summed E-state index contributed by atoms with van der Waals surface area (Å²) in [6, 6.07) is 8.26. The molecule has 0 bridgehead atoms. The first kappa shape index (κ1) is 13.8. The Morgan fingerprint density at radius 1 is 1.19 bits per heavy atom. The van der Waals surface area contributed by atoms with Gasteiger partial charge in [-0.05, 0) is 42.5 Å². The molecule has 0 aliphatic carbocycles. The lowest BCUT2D eigenvalue weighted by molar-refractivity contribution is 0.413. The van der Waals surface area contributed by atoms with E-state index in [1.807, 2.05) is 23.9 Å². The molecule has 1 aromatic rings. The van der Waals surface area contributed by atoms with Crippen molar-refractivity contribution in [2.45, 2.75) is 30.6 Å². The fraction of sp³-hybridized carbons (Fsp3) is 0.538. The van der Waals surface area contributed by atoms with Crippen LogP contribution in [0.4, 0.5) is 0 Å². The van der Waals surface area contributed by atoms with Crippen LogP contribution in [0.3, 0.4) is 0 Å². The Morgan fingerprint density at radius 2 is 2.00 bits per heavy atom. The third kappa shape index (κ3) is 5.71. The normalized spacial score (nSPS) is 10.4. The summed E-state index contributed by atoms with van der Waals surface area (Å²) in [6.07, 6.45) is 5.16. The standard InChI is InChI=1S/C13H20OS2/c1-14-12-7-6-8-13(11-12)16-10-5-3-2-4-9-15/h6-8,11,15H,2-5,9-10H2,1H3. The van der Waals surface area contributed by atoms with Crippen molar-refractivity contribution in [1.82, 2.24) is 0 Å². The predicted molar refractivity (Wildman–Crippen MR) is 76.0 cm³/mol. The molecule has 0 aliphatic rings. The van der Waals surface area contributed by atoms with E-state index >= 15 is 0 Å². The van der Waals surface area contributed by atoms with E-state index in [1.165, 1.54) is 36.3 Å². The third-order valence-corrected chi connectivity index (χ3v) is 3.76. The van der Waals surface area contributed by atoms with Crippen LogP contribution in [0.5, 0.6) is 5.75 Å². The highest BCUT2D eigenvalue weighted by Gasteiger charge is 1.96. The summed E-state index contributed by atoms with van der Waals surface area (Å²) in [6.45, 7) is 0. The van der Waals surface area contributed by atoms with Crippen LogP contribution in [0.2, 0.25) is 0 Å². The van der Waals surface area contributed by atoms with Gasteiger partial charge in [-0.1, -0.05) is 18.9 Å². The first-order valence-electron chi connectivity index (χ1n) is 5.74. The highest BCUT2D eigenvalue weighted by Crippen LogP contribution is 2.23. The van der Waals surface area contributed by atoms with Crippen molar-refractivity contribution in [1.29, 1.82) is 0 Å². The number of benzene rings is 1. The minimum atomic E-state index is 0.945. The van der Waals surface area contributed by atoms with Gasteiger partial charge in [0.1, 0.15) is 5.75 Å². The molecule has 0 unspecified atom stereocenters. The third-order valence-electron chi connectivity index (χ3n) is 2.36. The van der Waals surface area contributed by atoms with Crippen LogP contribution >= 0.6 is 24.4 Å². The van der Waals surface area contributed by atoms with E-state index < -0.39 is 0 Å². The maximum Gasteiger partial charge on any atom is 0.119 e. The second-order valence-corrected chi connectivity index (χ2v) is 5.28. The molecule has 0 saturated heterocycles. The zero-order valence-corrected chi connectivity index (χ0v) is 11.5. The van der Waals surface area contributed by atoms with Crippen molar-refractivity contribution >= 4 is 24.4 Å². The molecule has 0 amide bonds. The van der Waals surface area contributed by atoms with E-state index in [-0.39, 0.29) is 0 Å². The number of ether oxygens (including phenoxy) is 1. The second kappa shape index (κ2) is 8.82. The van der Waals surface area contributed by atoms with Gasteiger partial charge >= 0.3 is 0 Å². The number of rotatable bonds is 8. The van der Waals surface area contributed by atoms with Gasteiger partial charge in [0.25, 0.3) is 0 Å². The van der Waals surface area contributed by atoms with Crippen LogP contribution in [0.25, 0.3) is 0 Å². The summed E-state index contributed by atoms with van der Waals surface area (Å²) in [5.41, 5.74) is 0. The monoisotopic (exact) mass is 256 g/mol. The number of hydrogen-bond acceptors (Lipinski definition) is 3. The second-order valence-electron chi connectivity index (χ2n) is 3.67. The Labute approximate surface area is 108 Å². The number of hydrogen-bond donors (Lipinski definition) is 1. The molecule has 0 aromatic heterocycles. The molecule has 0 radical (unpaired) electrons. The molecule has 0 fully saturated rings. The highest BCUT2D eigenvalue weighted by atomic mass is 32.2. The summed E-state index contributed by atoms with van der Waals surface area (Å²) in [4.78, 5) is 1.30. The Kier molecular flexibility index (Phi) is 7.60. The van der Waals surface area contributed by atoms with E-state index in [0.29, 0.717) is 0 Å². The van der Waals surface area contributed by atoms with Crippen LogP contribution in [-0.4, -0.2) is 18.6 Å². The van der Waals surface area contributed by atoms with Crippen LogP contribution in [0.15, 0.2) is 29.2 Å². The molecule has 0 saturated carbocycles. The van der Waals surface area contributed by atoms with Crippen LogP contribution in [0, 0.1) is 0 Å². The maximum atomic E-state index is 5.19. The number of unbranched alkanes of at least 4 members (excludes halogenated alkanes) is 3. The molecular weight excluding hydrogens is 236 g/mol. The molecule has 0 N–H and O–H groups in total. The molecule has 1 rings (SSSR count). The molecule has 1 aromatic carbocycles. The largest absolute Gasteiger partial charge is 0.497 e. The first-order valence-corrected chi connectivity index (χ1v) is 7.36. The number of methoxy groups -OCH3 is 1. The van der Waals surface area contributed by atoms with Gasteiger partial charge in [-0.15, -0.1) is 11.8 Å². The molecule has 16 heavy (non-hydrogen) atoms. The average Bonchev–Trinajstić information content (AvgIpc) is 2.34. The van der Waals surface area contributed by atoms with E-state index in [2.05, 4.69) is 24.8 Å². The van der Waals surface area contributed by atoms with Crippen molar-refractivity contribution in [2.75, 3.05) is 18.6 Å². The van der Waals surface area contributed by atoms with Gasteiger partial charge in [0.05, 0.1) is 7.11 Å². The van der Waals surface area contributed by atoms with Crippen LogP contribution in [-0.2, 0) is 0 Å². The number of thiol groups is 1. The molecule has 0 aliphatic heterocycles. The highest BCUT2D eigenvalue weighted by molar-refractivity contribution is 7.99. The van der Waals surface area contributed by atoms with E-state index in [4.69, 9.17) is 4.74 Å². The Balaban J connectivity index is 2.16. The fourth-order valence-electron chi connectivity index (χ4n) is 1.45. The van der Waals surface area contributed by atoms with Gasteiger partial charge < -0.3 is 4.74 Å². The molecule has 0 spiro atoms. The van der Waals surface area contributed by atoms with Crippen LogP contribution < -0.4 is 4.74 Å². The first-order chi connectivity index (χ1) is 7.86. The van der Waals surface area contributed by atoms with Crippen molar-refractivity contribution in [2.24, 2.45) is 0 Å². The molecule has 90 valence electrons. The van der Waals surface area contributed by atoms with E-state index in [9.17, 15) is 0 Å². The smallest absolute Gasteiger partial charge is 0.119 e. The lowest BCUT2D eigenvalue weighted by Crippen LogP contribution is -1.85. The predicted octanol–water partition coefficient (Wildman–Crippen LogP) is 4.28. The Morgan fingerprint density at radius 3 is 2.75 bits per heavy atom. The maximum absolute atomic E-state index is 5.19. The van der Waals surface area contributed by atoms with Crippen molar-refractivity contribution in [3.63, 3.8) is 0 Å².